The van der Waals surface area contributed by atoms with E-state index in [1.165, 1.54) is 11.3 Å². The van der Waals surface area contributed by atoms with Crippen molar-refractivity contribution in [3.05, 3.63) is 27.5 Å². The van der Waals surface area contributed by atoms with Crippen molar-refractivity contribution >= 4 is 29.2 Å². The molecule has 3 nitrogen and oxygen atoms in total. The lowest BCUT2D eigenvalue weighted by atomic mass is 10.2. The molecule has 0 radical (unpaired) electrons. The smallest absolute Gasteiger partial charge is 0.153 e. The van der Waals surface area contributed by atoms with Crippen LogP contribution in [0.25, 0.3) is 11.3 Å². The van der Waals surface area contributed by atoms with Crippen LogP contribution >= 0.6 is 22.9 Å². The fourth-order valence-corrected chi connectivity index (χ4v) is 2.43. The number of hydrogen-bond acceptors (Lipinski definition) is 3. The number of aldehydes is 1. The third kappa shape index (κ3) is 2.42. The predicted molar refractivity (Wildman–Crippen MR) is 70.9 cm³/mol. The number of carbonyl (C=O) groups is 1. The number of halogens is 1. The van der Waals surface area contributed by atoms with Crippen LogP contribution in [-0.2, 0) is 0 Å². The first kappa shape index (κ1) is 12.3. The van der Waals surface area contributed by atoms with E-state index in [0.29, 0.717) is 15.6 Å². The second-order valence-electron chi connectivity index (χ2n) is 3.93. The van der Waals surface area contributed by atoms with Gasteiger partial charge in [-0.05, 0) is 19.4 Å². The summed E-state index contributed by atoms with van der Waals surface area (Å²) in [5.74, 6) is 0. The second-order valence-corrected chi connectivity index (χ2v) is 5.47. The Hall–Kier alpha value is -1.13. The molecule has 2 aromatic heterocycles. The molecule has 0 aliphatic carbocycles. The van der Waals surface area contributed by atoms with Crippen LogP contribution < -0.4 is 0 Å². The van der Waals surface area contributed by atoms with E-state index in [1.54, 1.807) is 6.20 Å². The summed E-state index contributed by atoms with van der Waals surface area (Å²) in [7, 11) is 0. The molecule has 0 N–H and O–H groups in total. The van der Waals surface area contributed by atoms with Crippen molar-refractivity contribution in [2.45, 2.75) is 26.3 Å². The Labute approximate surface area is 109 Å². The number of nitrogens with zero attached hydrogens (tertiary/aromatic N) is 2. The van der Waals surface area contributed by atoms with E-state index in [9.17, 15) is 4.79 Å². The Morgan fingerprint density at radius 1 is 1.65 bits per heavy atom. The highest BCUT2D eigenvalue weighted by Crippen LogP contribution is 2.30. The number of rotatable bonds is 4. The predicted octanol–water partition coefficient (Wildman–Crippen LogP) is 4.05. The fraction of sp³-hybridized carbons (Fsp3) is 0.333. The average Bonchev–Trinajstić information content (AvgIpc) is 2.93. The van der Waals surface area contributed by atoms with Gasteiger partial charge >= 0.3 is 0 Å². The molecule has 0 spiro atoms. The van der Waals surface area contributed by atoms with E-state index in [1.807, 2.05) is 16.1 Å². The molecule has 2 aromatic rings. The molecule has 2 rings (SSSR count). The average molecular weight is 269 g/mol. The molecule has 0 fully saturated rings. The van der Waals surface area contributed by atoms with Crippen LogP contribution in [0.15, 0.2) is 17.6 Å². The lowest BCUT2D eigenvalue weighted by Crippen LogP contribution is -2.03. The Bertz CT molecular complexity index is 532. The van der Waals surface area contributed by atoms with Gasteiger partial charge in [0.25, 0.3) is 0 Å². The highest BCUT2D eigenvalue weighted by Gasteiger charge is 2.14. The second kappa shape index (κ2) is 5.02. The van der Waals surface area contributed by atoms with Crippen molar-refractivity contribution in [3.63, 3.8) is 0 Å². The van der Waals surface area contributed by atoms with Gasteiger partial charge < -0.3 is 0 Å². The summed E-state index contributed by atoms with van der Waals surface area (Å²) in [5.41, 5.74) is 2.23. The molecule has 1 unspecified atom stereocenters. The van der Waals surface area contributed by atoms with Crippen LogP contribution in [0.2, 0.25) is 4.34 Å². The van der Waals surface area contributed by atoms with Crippen LogP contribution in [0.3, 0.4) is 0 Å². The molecular formula is C12H13ClN2OS. The Balaban J connectivity index is 2.46. The lowest BCUT2D eigenvalue weighted by molar-refractivity contribution is 0.112. The minimum Gasteiger partial charge on any atom is -0.298 e. The topological polar surface area (TPSA) is 34.9 Å². The molecule has 0 saturated heterocycles. The maximum Gasteiger partial charge on any atom is 0.153 e. The van der Waals surface area contributed by atoms with Crippen molar-refractivity contribution < 1.29 is 4.79 Å². The zero-order valence-corrected chi connectivity index (χ0v) is 11.3. The van der Waals surface area contributed by atoms with Gasteiger partial charge in [0, 0.05) is 23.2 Å². The molecule has 2 heterocycles. The van der Waals surface area contributed by atoms with Crippen molar-refractivity contribution in [3.8, 4) is 11.3 Å². The molecule has 0 aromatic carbocycles. The van der Waals surface area contributed by atoms with Crippen LogP contribution in [0.1, 0.15) is 36.7 Å². The summed E-state index contributed by atoms with van der Waals surface area (Å²) >= 11 is 7.34. The van der Waals surface area contributed by atoms with Crippen LogP contribution in [0, 0.1) is 0 Å². The fourth-order valence-electron chi connectivity index (χ4n) is 1.56. The van der Waals surface area contributed by atoms with Crippen molar-refractivity contribution in [1.82, 2.24) is 9.78 Å². The van der Waals surface area contributed by atoms with E-state index >= 15 is 0 Å². The largest absolute Gasteiger partial charge is 0.298 e. The van der Waals surface area contributed by atoms with E-state index < -0.39 is 0 Å². The van der Waals surface area contributed by atoms with E-state index in [-0.39, 0.29) is 6.04 Å². The summed E-state index contributed by atoms with van der Waals surface area (Å²) in [6, 6.07) is 2.12. The SMILES string of the molecule is CCC(C)n1cc(C=O)c(-c2csc(Cl)c2)n1. The van der Waals surface area contributed by atoms with Gasteiger partial charge in [-0.2, -0.15) is 5.10 Å². The molecule has 0 aliphatic rings. The number of hydrogen-bond donors (Lipinski definition) is 0. The van der Waals surface area contributed by atoms with Crippen LogP contribution in [-0.4, -0.2) is 16.1 Å². The highest BCUT2D eigenvalue weighted by atomic mass is 35.5. The van der Waals surface area contributed by atoms with E-state index in [2.05, 4.69) is 18.9 Å². The van der Waals surface area contributed by atoms with E-state index in [0.717, 1.165) is 18.3 Å². The van der Waals surface area contributed by atoms with Gasteiger partial charge in [0.2, 0.25) is 0 Å². The number of aromatic nitrogens is 2. The summed E-state index contributed by atoms with van der Waals surface area (Å²) in [4.78, 5) is 11.0. The third-order valence-electron chi connectivity index (χ3n) is 2.77. The first-order valence-corrected chi connectivity index (χ1v) is 6.70. The zero-order valence-electron chi connectivity index (χ0n) is 9.68. The lowest BCUT2D eigenvalue weighted by Gasteiger charge is -2.07. The third-order valence-corrected chi connectivity index (χ3v) is 3.86. The summed E-state index contributed by atoms with van der Waals surface area (Å²) in [6.07, 6.45) is 3.61. The van der Waals surface area contributed by atoms with Gasteiger partial charge in [0.1, 0.15) is 5.69 Å². The molecule has 0 amide bonds. The first-order chi connectivity index (χ1) is 8.15. The first-order valence-electron chi connectivity index (χ1n) is 5.44. The molecule has 0 aliphatic heterocycles. The van der Waals surface area contributed by atoms with Gasteiger partial charge in [0.05, 0.1) is 9.90 Å². The zero-order chi connectivity index (χ0) is 12.4. The summed E-state index contributed by atoms with van der Waals surface area (Å²) in [6.45, 7) is 4.17. The minimum atomic E-state index is 0.288. The van der Waals surface area contributed by atoms with Gasteiger partial charge in [-0.1, -0.05) is 18.5 Å². The van der Waals surface area contributed by atoms with Crippen molar-refractivity contribution in [1.29, 1.82) is 0 Å². The standard InChI is InChI=1S/C12H13ClN2OS/c1-3-8(2)15-5-10(6-16)12(14-15)9-4-11(13)17-7-9/h4-8H,3H2,1-2H3. The normalized spacial score (nSPS) is 12.6. The van der Waals surface area contributed by atoms with E-state index in [4.69, 9.17) is 11.6 Å². The van der Waals surface area contributed by atoms with Gasteiger partial charge in [0.15, 0.2) is 6.29 Å². The molecule has 90 valence electrons. The maximum absolute atomic E-state index is 11.0. The van der Waals surface area contributed by atoms with Gasteiger partial charge in [-0.3, -0.25) is 9.48 Å². The Kier molecular flexibility index (Phi) is 3.64. The quantitative estimate of drug-likeness (QED) is 0.784. The van der Waals surface area contributed by atoms with Gasteiger partial charge in [-0.15, -0.1) is 11.3 Å². The molecule has 17 heavy (non-hydrogen) atoms. The van der Waals surface area contributed by atoms with Gasteiger partial charge in [-0.25, -0.2) is 0 Å². The van der Waals surface area contributed by atoms with Crippen molar-refractivity contribution in [2.75, 3.05) is 0 Å². The molecule has 5 heteroatoms. The molecular weight excluding hydrogens is 256 g/mol. The summed E-state index contributed by atoms with van der Waals surface area (Å²) < 4.78 is 2.54. The minimum absolute atomic E-state index is 0.288. The summed E-state index contributed by atoms with van der Waals surface area (Å²) in [5, 5.41) is 6.38. The van der Waals surface area contributed by atoms with Crippen molar-refractivity contribution in [2.24, 2.45) is 0 Å². The maximum atomic E-state index is 11.0. The number of carbonyl (C=O) groups excluding carboxylic acids is 1. The monoisotopic (exact) mass is 268 g/mol. The Morgan fingerprint density at radius 3 is 2.94 bits per heavy atom. The van der Waals surface area contributed by atoms with Crippen LogP contribution in [0.4, 0.5) is 0 Å². The molecule has 0 bridgehead atoms. The van der Waals surface area contributed by atoms with Crippen LogP contribution in [0.5, 0.6) is 0 Å². The molecule has 1 atom stereocenters. The highest BCUT2D eigenvalue weighted by molar-refractivity contribution is 7.14. The Morgan fingerprint density at radius 2 is 2.41 bits per heavy atom. The molecule has 0 saturated carbocycles. The number of thiophene rings is 1.